The van der Waals surface area contributed by atoms with E-state index in [1.54, 1.807) is 12.1 Å². The smallest absolute Gasteiger partial charge is 0.335 e. The second kappa shape index (κ2) is 10.4. The monoisotopic (exact) mass is 332 g/mol. The van der Waals surface area contributed by atoms with Crippen LogP contribution in [0.25, 0.3) is 0 Å². The van der Waals surface area contributed by atoms with E-state index in [4.69, 9.17) is 9.84 Å². The molecule has 134 valence electrons. The number of carboxylic acids is 1. The summed E-state index contributed by atoms with van der Waals surface area (Å²) < 4.78 is 6.05. The first-order chi connectivity index (χ1) is 11.7. The van der Waals surface area contributed by atoms with Gasteiger partial charge in [-0.05, 0) is 49.4 Å². The van der Waals surface area contributed by atoms with Crippen molar-refractivity contribution in [1.82, 2.24) is 0 Å². The van der Waals surface area contributed by atoms with Crippen LogP contribution in [0.1, 0.15) is 93.5 Å². The zero-order valence-corrected chi connectivity index (χ0v) is 15.1. The first kappa shape index (κ1) is 18.8. The highest BCUT2D eigenvalue weighted by molar-refractivity contribution is 5.88. The van der Waals surface area contributed by atoms with Crippen molar-refractivity contribution in [1.29, 1.82) is 0 Å². The molecule has 0 saturated heterocycles. The molecule has 0 bridgehead atoms. The van der Waals surface area contributed by atoms with Crippen LogP contribution in [0.15, 0.2) is 18.2 Å². The lowest BCUT2D eigenvalue weighted by molar-refractivity contribution is 0.0696. The van der Waals surface area contributed by atoms with Crippen LogP contribution in [0.4, 0.5) is 0 Å². The molecule has 1 aromatic rings. The minimum atomic E-state index is -0.866. The SMILES string of the molecule is CCCCCCCCCCC[C@H]1CCc2cc(C(=O)O)ccc2O1. The van der Waals surface area contributed by atoms with Crippen molar-refractivity contribution in [2.24, 2.45) is 0 Å². The fourth-order valence-electron chi connectivity index (χ4n) is 3.46. The van der Waals surface area contributed by atoms with Gasteiger partial charge >= 0.3 is 5.97 Å². The van der Waals surface area contributed by atoms with E-state index in [9.17, 15) is 4.79 Å². The van der Waals surface area contributed by atoms with E-state index in [-0.39, 0.29) is 0 Å². The second-order valence-corrected chi connectivity index (χ2v) is 7.02. The van der Waals surface area contributed by atoms with Crippen LogP contribution in [0.5, 0.6) is 5.75 Å². The largest absolute Gasteiger partial charge is 0.490 e. The summed E-state index contributed by atoms with van der Waals surface area (Å²) in [5.41, 5.74) is 1.40. The second-order valence-electron chi connectivity index (χ2n) is 7.02. The van der Waals surface area contributed by atoms with Crippen molar-refractivity contribution in [2.45, 2.75) is 90.1 Å². The van der Waals surface area contributed by atoms with Crippen molar-refractivity contribution in [3.63, 3.8) is 0 Å². The van der Waals surface area contributed by atoms with Crippen LogP contribution in [-0.2, 0) is 6.42 Å². The van der Waals surface area contributed by atoms with Crippen LogP contribution in [0, 0.1) is 0 Å². The number of benzene rings is 1. The zero-order valence-electron chi connectivity index (χ0n) is 15.1. The Morgan fingerprint density at radius 2 is 1.75 bits per heavy atom. The highest BCUT2D eigenvalue weighted by atomic mass is 16.5. The molecule has 1 aromatic carbocycles. The third kappa shape index (κ3) is 6.18. The van der Waals surface area contributed by atoms with Gasteiger partial charge in [0.05, 0.1) is 11.7 Å². The third-order valence-electron chi connectivity index (χ3n) is 4.97. The molecule has 1 aliphatic heterocycles. The maximum absolute atomic E-state index is 11.0. The van der Waals surface area contributed by atoms with E-state index in [1.807, 2.05) is 6.07 Å². The van der Waals surface area contributed by atoms with Crippen LogP contribution >= 0.6 is 0 Å². The highest BCUT2D eigenvalue weighted by Crippen LogP contribution is 2.30. The Morgan fingerprint density at radius 1 is 1.08 bits per heavy atom. The molecule has 1 aliphatic rings. The molecule has 1 atom stereocenters. The topological polar surface area (TPSA) is 46.5 Å². The van der Waals surface area contributed by atoms with Crippen LogP contribution in [0.2, 0.25) is 0 Å². The van der Waals surface area contributed by atoms with Crippen molar-refractivity contribution >= 4 is 5.97 Å². The van der Waals surface area contributed by atoms with Crippen LogP contribution < -0.4 is 4.74 Å². The number of ether oxygens (including phenoxy) is 1. The van der Waals surface area contributed by atoms with E-state index < -0.39 is 5.97 Å². The number of unbranched alkanes of at least 4 members (excludes halogenated alkanes) is 8. The van der Waals surface area contributed by atoms with E-state index in [2.05, 4.69) is 6.92 Å². The molecule has 2 rings (SSSR count). The summed E-state index contributed by atoms with van der Waals surface area (Å²) in [5.74, 6) is 0.0155. The predicted molar refractivity (Wildman–Crippen MR) is 98.0 cm³/mol. The molecule has 0 unspecified atom stereocenters. The number of aromatic carboxylic acids is 1. The summed E-state index contributed by atoms with van der Waals surface area (Å²) in [5, 5.41) is 9.04. The van der Waals surface area contributed by atoms with E-state index in [1.165, 1.54) is 57.8 Å². The summed E-state index contributed by atoms with van der Waals surface area (Å²) in [6.45, 7) is 2.26. The first-order valence-corrected chi connectivity index (χ1v) is 9.73. The normalized spacial score (nSPS) is 16.5. The van der Waals surface area contributed by atoms with Crippen molar-refractivity contribution < 1.29 is 14.6 Å². The first-order valence-electron chi connectivity index (χ1n) is 9.73. The molecule has 0 aliphatic carbocycles. The van der Waals surface area contributed by atoms with Crippen LogP contribution in [-0.4, -0.2) is 17.2 Å². The van der Waals surface area contributed by atoms with Gasteiger partial charge in [-0.3, -0.25) is 0 Å². The Morgan fingerprint density at radius 3 is 2.42 bits per heavy atom. The molecule has 1 N–H and O–H groups in total. The fourth-order valence-corrected chi connectivity index (χ4v) is 3.46. The number of carbonyl (C=O) groups is 1. The summed E-state index contributed by atoms with van der Waals surface area (Å²) in [6.07, 6.45) is 15.5. The number of fused-ring (bicyclic) bond motifs is 1. The summed E-state index contributed by atoms with van der Waals surface area (Å²) in [4.78, 5) is 11.0. The predicted octanol–water partition coefficient (Wildman–Crippen LogP) is 6.00. The van der Waals surface area contributed by atoms with Crippen molar-refractivity contribution in [3.05, 3.63) is 29.3 Å². The van der Waals surface area contributed by atoms with Gasteiger partial charge in [0.2, 0.25) is 0 Å². The number of carboxylic acid groups (broad SMARTS) is 1. The third-order valence-corrected chi connectivity index (χ3v) is 4.97. The zero-order chi connectivity index (χ0) is 17.2. The lowest BCUT2D eigenvalue weighted by Crippen LogP contribution is -2.22. The Balaban J connectivity index is 1.60. The van der Waals surface area contributed by atoms with E-state index in [0.717, 1.165) is 30.6 Å². The molecule has 0 aromatic heterocycles. The average molecular weight is 332 g/mol. The summed E-state index contributed by atoms with van der Waals surface area (Å²) in [7, 11) is 0. The summed E-state index contributed by atoms with van der Waals surface area (Å²) >= 11 is 0. The molecule has 3 nitrogen and oxygen atoms in total. The lowest BCUT2D eigenvalue weighted by atomic mass is 9.97. The minimum absolute atomic E-state index is 0.303. The van der Waals surface area contributed by atoms with Gasteiger partial charge in [0.1, 0.15) is 5.75 Å². The molecular weight excluding hydrogens is 300 g/mol. The molecule has 1 heterocycles. The Bertz CT molecular complexity index is 510. The molecule has 24 heavy (non-hydrogen) atoms. The number of rotatable bonds is 11. The van der Waals surface area contributed by atoms with Crippen LogP contribution in [0.3, 0.4) is 0 Å². The molecule has 0 saturated carbocycles. The summed E-state index contributed by atoms with van der Waals surface area (Å²) in [6, 6.07) is 5.22. The van der Waals surface area contributed by atoms with E-state index in [0.29, 0.717) is 11.7 Å². The molecule has 0 fully saturated rings. The fraction of sp³-hybridized carbons (Fsp3) is 0.667. The standard InChI is InChI=1S/C21H32O3/c1-2-3-4-5-6-7-8-9-10-11-19-14-12-17-16-18(21(22)23)13-15-20(17)24-19/h13,15-16,19H,2-12,14H2,1H3,(H,22,23)/t19-/m0/s1. The number of aryl methyl sites for hydroxylation is 1. The molecule has 0 spiro atoms. The number of hydrogen-bond donors (Lipinski definition) is 1. The van der Waals surface area contributed by atoms with Crippen molar-refractivity contribution in [3.8, 4) is 5.75 Å². The Hall–Kier alpha value is -1.51. The Kier molecular flexibility index (Phi) is 8.14. The minimum Gasteiger partial charge on any atom is -0.490 e. The van der Waals surface area contributed by atoms with Gasteiger partial charge < -0.3 is 9.84 Å². The Labute approximate surface area is 146 Å². The maximum Gasteiger partial charge on any atom is 0.335 e. The van der Waals surface area contributed by atoms with Gasteiger partial charge in [0.15, 0.2) is 0 Å². The van der Waals surface area contributed by atoms with Crippen molar-refractivity contribution in [2.75, 3.05) is 0 Å². The van der Waals surface area contributed by atoms with Gasteiger partial charge in [-0.15, -0.1) is 0 Å². The highest BCUT2D eigenvalue weighted by Gasteiger charge is 2.20. The molecule has 0 radical (unpaired) electrons. The van der Waals surface area contributed by atoms with Gasteiger partial charge in [0, 0.05) is 0 Å². The maximum atomic E-state index is 11.0. The van der Waals surface area contributed by atoms with Gasteiger partial charge in [-0.25, -0.2) is 4.79 Å². The molecule has 0 amide bonds. The van der Waals surface area contributed by atoms with Gasteiger partial charge in [0.25, 0.3) is 0 Å². The molecular formula is C21H32O3. The van der Waals surface area contributed by atoms with E-state index >= 15 is 0 Å². The molecule has 3 heteroatoms. The number of hydrogen-bond acceptors (Lipinski definition) is 2. The quantitative estimate of drug-likeness (QED) is 0.506. The average Bonchev–Trinajstić information content (AvgIpc) is 2.59. The van der Waals surface area contributed by atoms with Gasteiger partial charge in [-0.2, -0.15) is 0 Å². The van der Waals surface area contributed by atoms with Gasteiger partial charge in [-0.1, -0.05) is 58.3 Å². The lowest BCUT2D eigenvalue weighted by Gasteiger charge is -2.26.